The summed E-state index contributed by atoms with van der Waals surface area (Å²) in [4.78, 5) is 31.7. The minimum atomic E-state index is -0.311. The molecule has 2 amide bonds. The largest absolute Gasteiger partial charge is 0.329 e. The maximum atomic E-state index is 12.4. The van der Waals surface area contributed by atoms with Crippen LogP contribution >= 0.6 is 23.2 Å². The molecule has 0 aliphatic carbocycles. The Balaban J connectivity index is 1.82. The summed E-state index contributed by atoms with van der Waals surface area (Å²) in [6, 6.07) is 2.92. The van der Waals surface area contributed by atoms with Gasteiger partial charge in [-0.05, 0) is 25.0 Å². The van der Waals surface area contributed by atoms with Crippen LogP contribution in [-0.2, 0) is 16.1 Å². The molecule has 2 aliphatic heterocycles. The summed E-state index contributed by atoms with van der Waals surface area (Å²) in [6.07, 6.45) is 1.62. The Morgan fingerprint density at radius 3 is 2.90 bits per heavy atom. The molecule has 0 radical (unpaired) electrons. The average Bonchev–Trinajstić information content (AvgIpc) is 2.90. The van der Waals surface area contributed by atoms with Crippen molar-refractivity contribution in [2.75, 3.05) is 13.1 Å². The number of nitrogens with zero attached hydrogens (tertiary/aromatic N) is 3. The van der Waals surface area contributed by atoms with Crippen LogP contribution < -0.4 is 0 Å². The molecule has 1 atom stereocenters. The number of hydrogen-bond acceptors (Lipinski definition) is 3. The molecule has 5 nitrogen and oxygen atoms in total. The second-order valence-electron chi connectivity index (χ2n) is 5.00. The van der Waals surface area contributed by atoms with Gasteiger partial charge >= 0.3 is 0 Å². The van der Waals surface area contributed by atoms with E-state index >= 15 is 0 Å². The summed E-state index contributed by atoms with van der Waals surface area (Å²) in [6.45, 7) is 0.980. The molecule has 1 aromatic rings. The van der Waals surface area contributed by atoms with E-state index in [0.717, 1.165) is 12.8 Å². The Hall–Kier alpha value is -1.33. The van der Waals surface area contributed by atoms with Crippen LogP contribution in [0.15, 0.2) is 12.1 Å². The number of piperazine rings is 1. The Bertz CT molecular complexity index is 579. The molecule has 7 heteroatoms. The number of rotatable bonds is 2. The van der Waals surface area contributed by atoms with Gasteiger partial charge in [0, 0.05) is 6.54 Å². The molecule has 1 unspecified atom stereocenters. The van der Waals surface area contributed by atoms with Crippen LogP contribution in [0.5, 0.6) is 0 Å². The monoisotopic (exact) mass is 313 g/mol. The van der Waals surface area contributed by atoms with Crippen LogP contribution in [0.25, 0.3) is 0 Å². The van der Waals surface area contributed by atoms with Crippen LogP contribution in [0.1, 0.15) is 18.5 Å². The van der Waals surface area contributed by atoms with Gasteiger partial charge in [0.1, 0.15) is 17.7 Å². The molecule has 3 heterocycles. The van der Waals surface area contributed by atoms with Crippen LogP contribution in [-0.4, -0.2) is 45.7 Å². The van der Waals surface area contributed by atoms with Gasteiger partial charge in [-0.25, -0.2) is 4.98 Å². The second-order valence-corrected chi connectivity index (χ2v) is 5.80. The minimum Gasteiger partial charge on any atom is -0.329 e. The fourth-order valence-electron chi connectivity index (χ4n) is 2.75. The first-order chi connectivity index (χ1) is 9.56. The van der Waals surface area contributed by atoms with E-state index in [1.54, 1.807) is 17.0 Å². The molecule has 0 bridgehead atoms. The molecule has 20 heavy (non-hydrogen) atoms. The number of aromatic nitrogens is 1. The van der Waals surface area contributed by atoms with E-state index in [4.69, 9.17) is 23.2 Å². The number of carbonyl (C=O) groups is 2. The van der Waals surface area contributed by atoms with Gasteiger partial charge < -0.3 is 9.80 Å². The van der Waals surface area contributed by atoms with Gasteiger partial charge in [-0.1, -0.05) is 23.2 Å². The number of fused-ring (bicyclic) bond motifs is 1. The van der Waals surface area contributed by atoms with E-state index in [1.807, 2.05) is 0 Å². The highest BCUT2D eigenvalue weighted by molar-refractivity contribution is 6.32. The third-order valence-electron chi connectivity index (χ3n) is 3.72. The Morgan fingerprint density at radius 2 is 2.10 bits per heavy atom. The van der Waals surface area contributed by atoms with Crippen molar-refractivity contribution >= 4 is 35.0 Å². The fourth-order valence-corrected chi connectivity index (χ4v) is 3.08. The van der Waals surface area contributed by atoms with Gasteiger partial charge in [0.15, 0.2) is 0 Å². The molecular weight excluding hydrogens is 301 g/mol. The molecule has 0 N–H and O–H groups in total. The van der Waals surface area contributed by atoms with Crippen molar-refractivity contribution in [1.82, 2.24) is 14.8 Å². The first kappa shape index (κ1) is 13.6. The zero-order chi connectivity index (χ0) is 14.3. The number of carbonyl (C=O) groups excluding carboxylic acids is 2. The molecule has 0 spiro atoms. The molecule has 3 rings (SSSR count). The normalized spacial score (nSPS) is 22.4. The smallest absolute Gasteiger partial charge is 0.246 e. The Morgan fingerprint density at radius 1 is 1.30 bits per heavy atom. The zero-order valence-electron chi connectivity index (χ0n) is 10.7. The van der Waals surface area contributed by atoms with E-state index in [1.165, 1.54) is 4.90 Å². The number of amides is 2. The predicted octanol–water partition coefficient (Wildman–Crippen LogP) is 1.72. The molecule has 0 aromatic carbocycles. The van der Waals surface area contributed by atoms with Crippen molar-refractivity contribution in [2.24, 2.45) is 0 Å². The first-order valence-corrected chi connectivity index (χ1v) is 7.21. The minimum absolute atomic E-state index is 0.00903. The molecule has 2 aliphatic rings. The molecule has 2 saturated heterocycles. The standard InChI is InChI=1S/C13H13Cl2N3O2/c14-8-3-4-11(15)16-9(8)6-17-7-12(19)18-5-1-2-10(18)13(17)20/h3-4,10H,1-2,5-7H2. The van der Waals surface area contributed by atoms with Gasteiger partial charge in [0.25, 0.3) is 0 Å². The van der Waals surface area contributed by atoms with Gasteiger partial charge in [0.05, 0.1) is 17.3 Å². The van der Waals surface area contributed by atoms with Crippen LogP contribution in [0.4, 0.5) is 0 Å². The Labute approximate surface area is 126 Å². The highest BCUT2D eigenvalue weighted by Crippen LogP contribution is 2.26. The first-order valence-electron chi connectivity index (χ1n) is 6.45. The third-order valence-corrected chi connectivity index (χ3v) is 4.28. The molecule has 106 valence electrons. The third kappa shape index (κ3) is 2.36. The van der Waals surface area contributed by atoms with Crippen LogP contribution in [0, 0.1) is 0 Å². The lowest BCUT2D eigenvalue weighted by molar-refractivity contribution is -0.154. The Kier molecular flexibility index (Phi) is 3.56. The average molecular weight is 314 g/mol. The van der Waals surface area contributed by atoms with Gasteiger partial charge in [-0.3, -0.25) is 9.59 Å². The van der Waals surface area contributed by atoms with E-state index < -0.39 is 0 Å². The lowest BCUT2D eigenvalue weighted by Crippen LogP contribution is -2.56. The van der Waals surface area contributed by atoms with E-state index in [0.29, 0.717) is 22.4 Å². The fraction of sp³-hybridized carbons (Fsp3) is 0.462. The van der Waals surface area contributed by atoms with Crippen molar-refractivity contribution < 1.29 is 9.59 Å². The lowest BCUT2D eigenvalue weighted by Gasteiger charge is -2.36. The predicted molar refractivity (Wildman–Crippen MR) is 74.4 cm³/mol. The molecule has 0 saturated carbocycles. The van der Waals surface area contributed by atoms with E-state index in [-0.39, 0.29) is 30.9 Å². The maximum Gasteiger partial charge on any atom is 0.246 e. The van der Waals surface area contributed by atoms with Crippen molar-refractivity contribution in [3.63, 3.8) is 0 Å². The topological polar surface area (TPSA) is 53.5 Å². The van der Waals surface area contributed by atoms with Gasteiger partial charge in [0.2, 0.25) is 11.8 Å². The molecule has 1 aromatic heterocycles. The molecule has 2 fully saturated rings. The summed E-state index contributed by atoms with van der Waals surface area (Å²) in [5.41, 5.74) is 0.520. The van der Waals surface area contributed by atoms with Crippen molar-refractivity contribution in [2.45, 2.75) is 25.4 Å². The van der Waals surface area contributed by atoms with Crippen molar-refractivity contribution in [1.29, 1.82) is 0 Å². The number of halogens is 2. The lowest BCUT2D eigenvalue weighted by atomic mass is 10.1. The van der Waals surface area contributed by atoms with Gasteiger partial charge in [-0.15, -0.1) is 0 Å². The SMILES string of the molecule is O=C1C2CCCN2C(=O)CN1Cc1nc(Cl)ccc1Cl. The highest BCUT2D eigenvalue weighted by atomic mass is 35.5. The maximum absolute atomic E-state index is 12.4. The summed E-state index contributed by atoms with van der Waals surface area (Å²) >= 11 is 11.9. The number of hydrogen-bond donors (Lipinski definition) is 0. The summed E-state index contributed by atoms with van der Waals surface area (Å²) < 4.78 is 0. The zero-order valence-corrected chi connectivity index (χ0v) is 12.2. The highest BCUT2D eigenvalue weighted by Gasteiger charge is 2.41. The number of pyridine rings is 1. The van der Waals surface area contributed by atoms with Crippen molar-refractivity contribution in [3.8, 4) is 0 Å². The van der Waals surface area contributed by atoms with E-state index in [2.05, 4.69) is 4.98 Å². The summed E-state index contributed by atoms with van der Waals surface area (Å²) in [5.74, 6) is -0.0369. The van der Waals surface area contributed by atoms with E-state index in [9.17, 15) is 9.59 Å². The summed E-state index contributed by atoms with van der Waals surface area (Å²) in [5, 5.41) is 0.770. The van der Waals surface area contributed by atoms with Gasteiger partial charge in [-0.2, -0.15) is 0 Å². The van der Waals surface area contributed by atoms with Crippen LogP contribution in [0.3, 0.4) is 0 Å². The second kappa shape index (κ2) is 5.22. The molecular formula is C13H13Cl2N3O2. The summed E-state index contributed by atoms with van der Waals surface area (Å²) in [7, 11) is 0. The quantitative estimate of drug-likeness (QED) is 0.781. The van der Waals surface area contributed by atoms with Crippen molar-refractivity contribution in [3.05, 3.63) is 28.0 Å². The van der Waals surface area contributed by atoms with Crippen LogP contribution in [0.2, 0.25) is 10.2 Å².